The second-order valence-electron chi connectivity index (χ2n) is 9.71. The smallest absolute Gasteiger partial charge is 0.343 e. The Kier molecular flexibility index (Phi) is 8.10. The van der Waals surface area contributed by atoms with Gasteiger partial charge in [-0.15, -0.1) is 0 Å². The fourth-order valence-corrected chi connectivity index (χ4v) is 4.83. The summed E-state index contributed by atoms with van der Waals surface area (Å²) in [5, 5.41) is 2.38. The minimum absolute atomic E-state index is 0.289. The second-order valence-corrected chi connectivity index (χ2v) is 9.71. The van der Waals surface area contributed by atoms with Crippen molar-refractivity contribution in [3.8, 4) is 16.9 Å². The van der Waals surface area contributed by atoms with Gasteiger partial charge in [0, 0.05) is 5.56 Å². The van der Waals surface area contributed by atoms with Crippen molar-refractivity contribution in [1.82, 2.24) is 0 Å². The number of aryl methyl sites for hydroxylation is 2. The molecule has 3 heteroatoms. The van der Waals surface area contributed by atoms with E-state index in [0.717, 1.165) is 29.5 Å². The van der Waals surface area contributed by atoms with Crippen molar-refractivity contribution in [2.75, 3.05) is 6.61 Å². The average molecular weight is 479 g/mol. The highest BCUT2D eigenvalue weighted by molar-refractivity contribution is 5.89. The number of hydrogen-bond acceptors (Lipinski definition) is 3. The molecule has 5 rings (SSSR count). The summed E-state index contributed by atoms with van der Waals surface area (Å²) in [6, 6.07) is 31.7. The number of para-hydroxylation sites is 1. The van der Waals surface area contributed by atoms with Gasteiger partial charge in [0.1, 0.15) is 5.75 Å². The van der Waals surface area contributed by atoms with Gasteiger partial charge in [0.15, 0.2) is 6.10 Å². The van der Waals surface area contributed by atoms with E-state index in [4.69, 9.17) is 9.47 Å². The summed E-state index contributed by atoms with van der Waals surface area (Å²) in [4.78, 5) is 12.6. The quantitative estimate of drug-likeness (QED) is 0.0898. The molecule has 0 aliphatic carbocycles. The number of ether oxygens (including phenoxy) is 2. The first kappa shape index (κ1) is 24.3. The fraction of sp³-hybridized carbons (Fsp3) is 0.303. The van der Waals surface area contributed by atoms with Crippen LogP contribution in [-0.2, 0) is 22.4 Å². The predicted octanol–water partition coefficient (Wildman–Crippen LogP) is 7.94. The molecule has 1 aliphatic heterocycles. The molecule has 1 fully saturated rings. The molecule has 4 aromatic carbocycles. The molecule has 1 heterocycles. The van der Waals surface area contributed by atoms with E-state index >= 15 is 0 Å². The molecule has 1 aliphatic rings. The van der Waals surface area contributed by atoms with Crippen molar-refractivity contribution in [2.45, 2.75) is 57.5 Å². The highest BCUT2D eigenvalue weighted by atomic mass is 16.6. The predicted molar refractivity (Wildman–Crippen MR) is 146 cm³/mol. The number of hydrogen-bond donors (Lipinski definition) is 0. The summed E-state index contributed by atoms with van der Waals surface area (Å²) < 4.78 is 11.1. The molecule has 0 spiro atoms. The fourth-order valence-electron chi connectivity index (χ4n) is 4.83. The lowest BCUT2D eigenvalue weighted by Gasteiger charge is -2.15. The molecular weight excluding hydrogens is 444 g/mol. The van der Waals surface area contributed by atoms with E-state index in [1.807, 2.05) is 0 Å². The first-order valence-electron chi connectivity index (χ1n) is 13.3. The Bertz CT molecular complexity index is 1290. The number of benzene rings is 4. The molecule has 0 amide bonds. The van der Waals surface area contributed by atoms with Crippen LogP contribution in [0.1, 0.15) is 49.7 Å². The molecule has 184 valence electrons. The van der Waals surface area contributed by atoms with E-state index in [1.165, 1.54) is 54.9 Å². The molecule has 4 aromatic rings. The minimum atomic E-state index is -0.418. The number of rotatable bonds is 12. The van der Waals surface area contributed by atoms with Crippen LogP contribution in [0.5, 0.6) is 5.75 Å². The summed E-state index contributed by atoms with van der Waals surface area (Å²) in [5.74, 6) is 0.402. The van der Waals surface area contributed by atoms with Crippen LogP contribution in [0.15, 0.2) is 91.0 Å². The third-order valence-electron chi connectivity index (χ3n) is 6.96. The maximum absolute atomic E-state index is 12.6. The Hall–Kier alpha value is -3.43. The Morgan fingerprint density at radius 2 is 1.42 bits per heavy atom. The maximum atomic E-state index is 12.6. The molecule has 1 unspecified atom stereocenters. The normalized spacial score (nSPS) is 14.6. The maximum Gasteiger partial charge on any atom is 0.343 e. The van der Waals surface area contributed by atoms with Crippen LogP contribution >= 0.6 is 0 Å². The molecule has 0 radical (unpaired) electrons. The summed E-state index contributed by atoms with van der Waals surface area (Å²) >= 11 is 0. The Balaban J connectivity index is 1.21. The van der Waals surface area contributed by atoms with Gasteiger partial charge in [-0.1, -0.05) is 111 Å². The van der Waals surface area contributed by atoms with E-state index in [2.05, 4.69) is 91.0 Å². The van der Waals surface area contributed by atoms with Crippen LogP contribution in [-0.4, -0.2) is 18.7 Å². The average Bonchev–Trinajstić information content (AvgIpc) is 3.77. The van der Waals surface area contributed by atoms with E-state index < -0.39 is 6.10 Å². The number of unbranched alkanes of at least 4 members (excludes halogenated alkanes) is 5. The van der Waals surface area contributed by atoms with E-state index in [-0.39, 0.29) is 5.97 Å². The number of fused-ring (bicyclic) bond motifs is 1. The first-order chi connectivity index (χ1) is 17.8. The van der Waals surface area contributed by atoms with Gasteiger partial charge in [-0.25, -0.2) is 4.79 Å². The van der Waals surface area contributed by atoms with Crippen LogP contribution in [0.25, 0.3) is 21.9 Å². The zero-order valence-corrected chi connectivity index (χ0v) is 20.8. The lowest BCUT2D eigenvalue weighted by molar-refractivity contribution is -0.135. The Morgan fingerprint density at radius 3 is 2.19 bits per heavy atom. The van der Waals surface area contributed by atoms with E-state index in [0.29, 0.717) is 12.4 Å². The van der Waals surface area contributed by atoms with Gasteiger partial charge in [0.25, 0.3) is 0 Å². The largest absolute Gasteiger partial charge is 0.424 e. The van der Waals surface area contributed by atoms with Crippen LogP contribution in [0.4, 0.5) is 0 Å². The molecule has 0 bridgehead atoms. The molecule has 0 saturated carbocycles. The molecule has 0 aromatic heterocycles. The molecule has 3 nitrogen and oxygen atoms in total. The van der Waals surface area contributed by atoms with Gasteiger partial charge in [0.2, 0.25) is 0 Å². The van der Waals surface area contributed by atoms with Crippen molar-refractivity contribution >= 4 is 16.7 Å². The SMILES string of the molecule is O=C(Oc1c(CCCCCCCCc2ccccc2)cccc1-c1ccc2ccccc2c1)C1CO1. The minimum Gasteiger partial charge on any atom is -0.424 e. The Morgan fingerprint density at radius 1 is 0.722 bits per heavy atom. The molecule has 1 saturated heterocycles. The summed E-state index contributed by atoms with van der Waals surface area (Å²) in [6.07, 6.45) is 8.96. The van der Waals surface area contributed by atoms with Crippen molar-refractivity contribution < 1.29 is 14.3 Å². The van der Waals surface area contributed by atoms with Crippen molar-refractivity contribution in [1.29, 1.82) is 0 Å². The van der Waals surface area contributed by atoms with Gasteiger partial charge in [0.05, 0.1) is 6.61 Å². The third kappa shape index (κ3) is 6.41. The summed E-state index contributed by atoms with van der Waals surface area (Å²) in [7, 11) is 0. The molecular formula is C33H34O3. The molecule has 0 N–H and O–H groups in total. The van der Waals surface area contributed by atoms with Gasteiger partial charge >= 0.3 is 5.97 Å². The number of carbonyl (C=O) groups is 1. The van der Waals surface area contributed by atoms with Crippen LogP contribution in [0.2, 0.25) is 0 Å². The van der Waals surface area contributed by atoms with Gasteiger partial charge in [-0.2, -0.15) is 0 Å². The standard InChI is InChI=1S/C33H34O3/c34-33(31-24-35-31)36-32-27(17-9-4-2-1-3-6-13-25-14-7-5-8-15-25)19-12-20-30(32)29-22-21-26-16-10-11-18-28(26)23-29/h5,7-8,10-12,14-16,18-23,31H,1-4,6,9,13,17,24H2. The zero-order valence-electron chi connectivity index (χ0n) is 20.8. The lowest BCUT2D eigenvalue weighted by Crippen LogP contribution is -2.16. The van der Waals surface area contributed by atoms with Gasteiger partial charge < -0.3 is 9.47 Å². The van der Waals surface area contributed by atoms with E-state index in [1.54, 1.807) is 0 Å². The molecule has 1 atom stereocenters. The first-order valence-corrected chi connectivity index (χ1v) is 13.3. The van der Waals surface area contributed by atoms with Crippen LogP contribution < -0.4 is 4.74 Å². The molecule has 36 heavy (non-hydrogen) atoms. The zero-order chi connectivity index (χ0) is 24.6. The van der Waals surface area contributed by atoms with E-state index in [9.17, 15) is 4.79 Å². The summed E-state index contributed by atoms with van der Waals surface area (Å²) in [6.45, 7) is 0.455. The van der Waals surface area contributed by atoms with Crippen molar-refractivity contribution in [3.63, 3.8) is 0 Å². The number of esters is 1. The topological polar surface area (TPSA) is 38.8 Å². The summed E-state index contributed by atoms with van der Waals surface area (Å²) in [5.41, 5.74) is 4.56. The monoisotopic (exact) mass is 478 g/mol. The van der Waals surface area contributed by atoms with Crippen molar-refractivity contribution in [2.24, 2.45) is 0 Å². The third-order valence-corrected chi connectivity index (χ3v) is 6.96. The van der Waals surface area contributed by atoms with Crippen LogP contribution in [0.3, 0.4) is 0 Å². The van der Waals surface area contributed by atoms with Gasteiger partial charge in [-0.05, 0) is 59.2 Å². The highest BCUT2D eigenvalue weighted by Gasteiger charge is 2.34. The lowest BCUT2D eigenvalue weighted by atomic mass is 9.96. The van der Waals surface area contributed by atoms with Gasteiger partial charge in [-0.3, -0.25) is 0 Å². The Labute approximate surface area is 214 Å². The van der Waals surface area contributed by atoms with Crippen LogP contribution in [0, 0.1) is 0 Å². The second kappa shape index (κ2) is 12.0. The highest BCUT2D eigenvalue weighted by Crippen LogP contribution is 2.36. The van der Waals surface area contributed by atoms with Crippen molar-refractivity contribution in [3.05, 3.63) is 102 Å². The number of epoxide rings is 1. The number of carbonyl (C=O) groups excluding carboxylic acids is 1.